The van der Waals surface area contributed by atoms with Gasteiger partial charge in [0.2, 0.25) is 6.41 Å². The van der Waals surface area contributed by atoms with Gasteiger partial charge >= 0.3 is 5.97 Å². The molecule has 4 rings (SSSR count). The first kappa shape index (κ1) is 28.2. The number of aromatic carboxylic acids is 1. The summed E-state index contributed by atoms with van der Waals surface area (Å²) in [5, 5.41) is 13.4. The maximum absolute atomic E-state index is 13.5. The van der Waals surface area contributed by atoms with Crippen LogP contribution in [-0.4, -0.2) is 17.5 Å². The molecule has 38 heavy (non-hydrogen) atoms. The molecule has 1 atom stereocenters. The summed E-state index contributed by atoms with van der Waals surface area (Å²) < 4.78 is 6.49. The van der Waals surface area contributed by atoms with Gasteiger partial charge in [-0.2, -0.15) is 0 Å². The van der Waals surface area contributed by atoms with Crippen LogP contribution in [0.3, 0.4) is 0 Å². The first-order valence-corrected chi connectivity index (χ1v) is 12.3. The van der Waals surface area contributed by atoms with Gasteiger partial charge in [0.1, 0.15) is 11.3 Å². The maximum Gasteiger partial charge on any atom is 0.337 e. The van der Waals surface area contributed by atoms with Gasteiger partial charge in [-0.1, -0.05) is 57.2 Å². The van der Waals surface area contributed by atoms with E-state index in [4.69, 9.17) is 9.21 Å². The Hall–Kier alpha value is -4.39. The Morgan fingerprint density at radius 3 is 2.34 bits per heavy atom. The molecule has 0 fully saturated rings. The van der Waals surface area contributed by atoms with Crippen LogP contribution in [0.4, 0.5) is 5.69 Å². The van der Waals surface area contributed by atoms with Crippen molar-refractivity contribution < 1.29 is 19.1 Å². The molecule has 0 radical (unpaired) electrons. The molecule has 0 aliphatic carbocycles. The fourth-order valence-electron chi connectivity index (χ4n) is 4.40. The van der Waals surface area contributed by atoms with Gasteiger partial charge in [0, 0.05) is 22.4 Å². The van der Waals surface area contributed by atoms with E-state index in [0.29, 0.717) is 28.0 Å². The Balaban J connectivity index is 0.00000127. The van der Waals surface area contributed by atoms with E-state index < -0.39 is 5.97 Å². The SMILES string of the molecule is Cc1cc(C(C)Nc2ccccc2C(=O)O)c2oc(-c3cccc(C(C)(C)C)c3)c(C)c(=O)c2c1.NC=O. The number of primary amides is 1. The predicted molar refractivity (Wildman–Crippen MR) is 152 cm³/mol. The Labute approximate surface area is 222 Å². The van der Waals surface area contributed by atoms with Crippen molar-refractivity contribution in [2.45, 2.75) is 53.0 Å². The number of hydrogen-bond acceptors (Lipinski definition) is 5. The number of nitrogens with one attached hydrogen (secondary N) is 1. The van der Waals surface area contributed by atoms with Crippen LogP contribution < -0.4 is 16.5 Å². The number of anilines is 1. The van der Waals surface area contributed by atoms with Crippen molar-refractivity contribution in [3.05, 3.63) is 98.7 Å². The fraction of sp³-hybridized carbons (Fsp3) is 0.258. The Bertz CT molecular complexity index is 1550. The lowest BCUT2D eigenvalue weighted by molar-refractivity contribution is -0.106. The summed E-state index contributed by atoms with van der Waals surface area (Å²) in [6.07, 6.45) is 0.250. The molecule has 198 valence electrons. The number of carboxylic acids is 1. The molecule has 1 heterocycles. The molecule has 0 bridgehead atoms. The minimum Gasteiger partial charge on any atom is -0.478 e. The van der Waals surface area contributed by atoms with Crippen LogP contribution in [0, 0.1) is 13.8 Å². The van der Waals surface area contributed by atoms with E-state index in [1.54, 1.807) is 31.2 Å². The molecule has 1 unspecified atom stereocenters. The zero-order valence-electron chi connectivity index (χ0n) is 22.6. The number of carbonyl (C=O) groups is 2. The van der Waals surface area contributed by atoms with Crippen molar-refractivity contribution >= 4 is 29.0 Å². The van der Waals surface area contributed by atoms with E-state index in [9.17, 15) is 14.7 Å². The van der Waals surface area contributed by atoms with Gasteiger partial charge in [0.25, 0.3) is 0 Å². The molecule has 4 N–H and O–H groups in total. The van der Waals surface area contributed by atoms with E-state index >= 15 is 0 Å². The summed E-state index contributed by atoms with van der Waals surface area (Å²) in [5.74, 6) is -0.450. The fourth-order valence-corrected chi connectivity index (χ4v) is 4.40. The van der Waals surface area contributed by atoms with Gasteiger partial charge in [-0.3, -0.25) is 9.59 Å². The summed E-state index contributed by atoms with van der Waals surface area (Å²) in [5.41, 5.74) is 9.58. The molecule has 4 aromatic rings. The highest BCUT2D eigenvalue weighted by molar-refractivity contribution is 5.94. The molecule has 7 heteroatoms. The van der Waals surface area contributed by atoms with Crippen molar-refractivity contribution in [3.8, 4) is 11.3 Å². The Morgan fingerprint density at radius 2 is 1.71 bits per heavy atom. The highest BCUT2D eigenvalue weighted by Crippen LogP contribution is 2.34. The number of carboxylic acid groups (broad SMARTS) is 1. The second-order valence-electron chi connectivity index (χ2n) is 10.3. The zero-order chi connectivity index (χ0) is 28.2. The van der Waals surface area contributed by atoms with E-state index in [1.807, 2.05) is 38.1 Å². The van der Waals surface area contributed by atoms with Gasteiger partial charge < -0.3 is 20.6 Å². The minimum atomic E-state index is -1.00. The summed E-state index contributed by atoms with van der Waals surface area (Å²) >= 11 is 0. The van der Waals surface area contributed by atoms with Crippen molar-refractivity contribution in [3.63, 3.8) is 0 Å². The van der Waals surface area contributed by atoms with Crippen LogP contribution >= 0.6 is 0 Å². The van der Waals surface area contributed by atoms with Crippen LogP contribution in [0.5, 0.6) is 0 Å². The number of nitrogens with two attached hydrogens (primary N) is 1. The van der Waals surface area contributed by atoms with Gasteiger partial charge in [0.15, 0.2) is 5.43 Å². The molecular formula is C31H34N2O5. The van der Waals surface area contributed by atoms with Crippen LogP contribution in [0.15, 0.2) is 69.9 Å². The highest BCUT2D eigenvalue weighted by Gasteiger charge is 2.21. The molecule has 0 saturated carbocycles. The summed E-state index contributed by atoms with van der Waals surface area (Å²) in [7, 11) is 0. The van der Waals surface area contributed by atoms with Crippen molar-refractivity contribution in [1.29, 1.82) is 0 Å². The first-order valence-electron chi connectivity index (χ1n) is 12.3. The van der Waals surface area contributed by atoms with Crippen LogP contribution in [0.2, 0.25) is 0 Å². The number of amides is 1. The summed E-state index contributed by atoms with van der Waals surface area (Å²) in [4.78, 5) is 33.7. The summed E-state index contributed by atoms with van der Waals surface area (Å²) in [6, 6.07) is 18.4. The molecule has 3 aromatic carbocycles. The number of carbonyl (C=O) groups excluding carboxylic acids is 1. The quantitative estimate of drug-likeness (QED) is 0.267. The van der Waals surface area contributed by atoms with Crippen molar-refractivity contribution in [2.24, 2.45) is 5.73 Å². The van der Waals surface area contributed by atoms with Crippen LogP contribution in [0.25, 0.3) is 22.3 Å². The second-order valence-corrected chi connectivity index (χ2v) is 10.3. The number of hydrogen-bond donors (Lipinski definition) is 3. The topological polar surface area (TPSA) is 123 Å². The first-order chi connectivity index (χ1) is 17.9. The smallest absolute Gasteiger partial charge is 0.337 e. The third-order valence-corrected chi connectivity index (χ3v) is 6.38. The molecule has 0 aliphatic heterocycles. The molecule has 0 aliphatic rings. The predicted octanol–water partition coefficient (Wildman–Crippen LogP) is 6.35. The van der Waals surface area contributed by atoms with Gasteiger partial charge in [-0.15, -0.1) is 0 Å². The normalized spacial score (nSPS) is 11.8. The average molecular weight is 515 g/mol. The lowest BCUT2D eigenvalue weighted by Crippen LogP contribution is -2.14. The highest BCUT2D eigenvalue weighted by atomic mass is 16.4. The molecule has 7 nitrogen and oxygen atoms in total. The summed E-state index contributed by atoms with van der Waals surface area (Å²) in [6.45, 7) is 12.1. The number of rotatable bonds is 5. The monoisotopic (exact) mass is 514 g/mol. The zero-order valence-corrected chi connectivity index (χ0v) is 22.6. The molecule has 1 amide bonds. The van der Waals surface area contributed by atoms with Gasteiger partial charge in [0.05, 0.1) is 17.0 Å². The number of benzene rings is 3. The lowest BCUT2D eigenvalue weighted by atomic mass is 9.86. The number of fused-ring (bicyclic) bond motifs is 1. The molecular weight excluding hydrogens is 480 g/mol. The minimum absolute atomic E-state index is 0.0424. The average Bonchev–Trinajstić information content (AvgIpc) is 2.86. The number of para-hydroxylation sites is 1. The lowest BCUT2D eigenvalue weighted by Gasteiger charge is -2.21. The standard InChI is InChI=1S/C30H31NO4.CH3NO/c1-17-14-23(19(3)31-25-13-8-7-12-22(25)29(33)34)28-24(15-17)26(32)18(2)27(35-28)20-10-9-11-21(16-20)30(4,5)6;2-1-3/h7-16,19,31H,1-6H3,(H,33,34);1H,(H2,2,3). The second kappa shape index (κ2) is 11.3. The molecule has 1 aromatic heterocycles. The van der Waals surface area contributed by atoms with E-state index in [2.05, 4.69) is 44.0 Å². The maximum atomic E-state index is 13.5. The third kappa shape index (κ3) is 5.94. The van der Waals surface area contributed by atoms with Crippen LogP contribution in [-0.2, 0) is 10.2 Å². The molecule has 0 saturated heterocycles. The Kier molecular flexibility index (Phi) is 8.41. The van der Waals surface area contributed by atoms with E-state index in [1.165, 1.54) is 0 Å². The third-order valence-electron chi connectivity index (χ3n) is 6.38. The van der Waals surface area contributed by atoms with Crippen LogP contribution in [0.1, 0.15) is 66.3 Å². The number of aryl methyl sites for hydroxylation is 1. The van der Waals surface area contributed by atoms with Crippen molar-refractivity contribution in [1.82, 2.24) is 0 Å². The van der Waals surface area contributed by atoms with E-state index in [0.717, 1.165) is 22.3 Å². The largest absolute Gasteiger partial charge is 0.478 e. The van der Waals surface area contributed by atoms with Gasteiger partial charge in [-0.05, 0) is 61.6 Å². The van der Waals surface area contributed by atoms with E-state index in [-0.39, 0.29) is 28.9 Å². The van der Waals surface area contributed by atoms with Crippen molar-refractivity contribution in [2.75, 3.05) is 5.32 Å². The van der Waals surface area contributed by atoms with Gasteiger partial charge in [-0.25, -0.2) is 4.79 Å². The molecule has 0 spiro atoms. The Morgan fingerprint density at radius 1 is 1.05 bits per heavy atom.